The molecule has 6 heteroatoms. The van der Waals surface area contributed by atoms with Gasteiger partial charge in [0.25, 0.3) is 0 Å². The number of ether oxygens (including phenoxy) is 1. The van der Waals surface area contributed by atoms with Gasteiger partial charge in [0.15, 0.2) is 5.78 Å². The van der Waals surface area contributed by atoms with Crippen molar-refractivity contribution in [3.05, 3.63) is 28.8 Å². The average molecular weight is 243 g/mol. The Balaban J connectivity index is 3.66. The predicted octanol–water partition coefficient (Wildman–Crippen LogP) is 2.79. The van der Waals surface area contributed by atoms with E-state index in [0.717, 1.165) is 26.2 Å². The van der Waals surface area contributed by atoms with E-state index in [1.54, 1.807) is 6.07 Å². The molecule has 1 aromatic rings. The quantitative estimate of drug-likeness (QED) is 0.750. The van der Waals surface area contributed by atoms with Crippen LogP contribution in [0.5, 0.6) is 5.75 Å². The smallest absolute Gasteiger partial charge is 0.420 e. The second-order valence-electron chi connectivity index (χ2n) is 3.27. The van der Waals surface area contributed by atoms with Gasteiger partial charge in [-0.1, -0.05) is 0 Å². The first kappa shape index (κ1) is 13.0. The fourth-order valence-corrected chi connectivity index (χ4v) is 1.41. The van der Waals surface area contributed by atoms with Crippen molar-refractivity contribution in [2.45, 2.75) is 13.1 Å². The fourth-order valence-electron chi connectivity index (χ4n) is 1.41. The van der Waals surface area contributed by atoms with E-state index >= 15 is 0 Å². The van der Waals surface area contributed by atoms with Crippen LogP contribution in [-0.2, 0) is 6.18 Å². The van der Waals surface area contributed by atoms with Crippen molar-refractivity contribution in [1.29, 1.82) is 5.26 Å². The van der Waals surface area contributed by atoms with Crippen LogP contribution in [0.1, 0.15) is 28.4 Å². The Morgan fingerprint density at radius 1 is 1.41 bits per heavy atom. The van der Waals surface area contributed by atoms with Crippen LogP contribution in [-0.4, -0.2) is 12.9 Å². The number of alkyl halides is 3. The number of nitrogens with zero attached hydrogens (tertiary/aromatic N) is 1. The number of carbonyl (C=O) groups is 1. The summed E-state index contributed by atoms with van der Waals surface area (Å²) in [7, 11) is 1.05. The molecule has 0 unspecified atom stereocenters. The van der Waals surface area contributed by atoms with Gasteiger partial charge in [0.1, 0.15) is 11.3 Å². The number of ketones is 1. The van der Waals surface area contributed by atoms with Gasteiger partial charge in [-0.05, 0) is 19.1 Å². The first-order valence-corrected chi connectivity index (χ1v) is 4.51. The normalized spacial score (nSPS) is 10.8. The van der Waals surface area contributed by atoms with Gasteiger partial charge in [-0.2, -0.15) is 18.4 Å². The van der Waals surface area contributed by atoms with E-state index in [2.05, 4.69) is 4.74 Å². The van der Waals surface area contributed by atoms with Crippen LogP contribution in [0.15, 0.2) is 12.1 Å². The summed E-state index contributed by atoms with van der Waals surface area (Å²) < 4.78 is 42.9. The third-order valence-corrected chi connectivity index (χ3v) is 2.11. The molecule has 0 aliphatic rings. The zero-order valence-corrected chi connectivity index (χ0v) is 9.05. The number of nitriles is 1. The molecular weight excluding hydrogens is 235 g/mol. The molecule has 0 amide bonds. The first-order valence-electron chi connectivity index (χ1n) is 4.51. The Hall–Kier alpha value is -2.03. The van der Waals surface area contributed by atoms with E-state index in [1.807, 2.05) is 0 Å². The summed E-state index contributed by atoms with van der Waals surface area (Å²) in [4.78, 5) is 11.2. The summed E-state index contributed by atoms with van der Waals surface area (Å²) in [6.07, 6.45) is -4.71. The van der Waals surface area contributed by atoms with Crippen molar-refractivity contribution < 1.29 is 22.7 Å². The molecule has 3 nitrogen and oxygen atoms in total. The summed E-state index contributed by atoms with van der Waals surface area (Å²) in [5, 5.41) is 8.66. The molecule has 0 heterocycles. The molecule has 0 aliphatic carbocycles. The van der Waals surface area contributed by atoms with Crippen LogP contribution in [0.3, 0.4) is 0 Å². The van der Waals surface area contributed by atoms with Crippen molar-refractivity contribution in [1.82, 2.24) is 0 Å². The molecule has 1 aromatic carbocycles. The average Bonchev–Trinajstić information content (AvgIpc) is 2.25. The number of benzene rings is 1. The van der Waals surface area contributed by atoms with Crippen molar-refractivity contribution in [2.75, 3.05) is 7.11 Å². The molecule has 0 aromatic heterocycles. The maximum absolute atomic E-state index is 12.8. The van der Waals surface area contributed by atoms with Crippen molar-refractivity contribution in [3.63, 3.8) is 0 Å². The van der Waals surface area contributed by atoms with E-state index in [9.17, 15) is 18.0 Å². The monoisotopic (exact) mass is 243 g/mol. The maximum Gasteiger partial charge on any atom is 0.420 e. The molecule has 90 valence electrons. The number of rotatable bonds is 2. The summed E-state index contributed by atoms with van der Waals surface area (Å²) in [5.74, 6) is -1.30. The summed E-state index contributed by atoms with van der Waals surface area (Å²) >= 11 is 0. The number of carbonyl (C=O) groups excluding carboxylic acids is 1. The van der Waals surface area contributed by atoms with E-state index in [4.69, 9.17) is 5.26 Å². The van der Waals surface area contributed by atoms with E-state index < -0.39 is 28.8 Å². The standard InChI is InChI=1S/C11H8F3NO2/c1-6(16)8-3-7(5-15)4-9(17-2)10(8)11(12,13)14/h3-4H,1-2H3. The van der Waals surface area contributed by atoms with Gasteiger partial charge in [-0.3, -0.25) is 4.79 Å². The molecule has 0 spiro atoms. The van der Waals surface area contributed by atoms with Crippen LogP contribution in [0.2, 0.25) is 0 Å². The second-order valence-corrected chi connectivity index (χ2v) is 3.27. The molecular formula is C11H8F3NO2. The molecule has 17 heavy (non-hydrogen) atoms. The maximum atomic E-state index is 12.8. The largest absolute Gasteiger partial charge is 0.496 e. The SMILES string of the molecule is COc1cc(C#N)cc(C(C)=O)c1C(F)(F)F. The minimum Gasteiger partial charge on any atom is -0.496 e. The number of Topliss-reactive ketones (excluding diaryl/α,β-unsaturated/α-hetero) is 1. The zero-order chi connectivity index (χ0) is 13.2. The van der Waals surface area contributed by atoms with E-state index in [-0.39, 0.29) is 5.56 Å². The summed E-state index contributed by atoms with van der Waals surface area (Å²) in [6.45, 7) is 1.01. The Morgan fingerprint density at radius 3 is 2.35 bits per heavy atom. The van der Waals surface area contributed by atoms with Crippen LogP contribution in [0.25, 0.3) is 0 Å². The van der Waals surface area contributed by atoms with Gasteiger partial charge in [0.05, 0.1) is 18.7 Å². The number of methoxy groups -OCH3 is 1. The van der Waals surface area contributed by atoms with Crippen LogP contribution >= 0.6 is 0 Å². The van der Waals surface area contributed by atoms with Gasteiger partial charge in [0.2, 0.25) is 0 Å². The number of hydrogen-bond acceptors (Lipinski definition) is 3. The molecule has 0 saturated heterocycles. The molecule has 0 fully saturated rings. The van der Waals surface area contributed by atoms with Gasteiger partial charge in [-0.25, -0.2) is 0 Å². The van der Waals surface area contributed by atoms with Crippen molar-refractivity contribution in [2.24, 2.45) is 0 Å². The Morgan fingerprint density at radius 2 is 2.00 bits per heavy atom. The topological polar surface area (TPSA) is 50.1 Å². The minimum atomic E-state index is -4.71. The molecule has 0 radical (unpaired) electrons. The Kier molecular flexibility index (Phi) is 3.42. The van der Waals surface area contributed by atoms with Crippen LogP contribution in [0, 0.1) is 11.3 Å². The Labute approximate surface area is 95.4 Å². The number of hydrogen-bond donors (Lipinski definition) is 0. The fraction of sp³-hybridized carbons (Fsp3) is 0.273. The Bertz CT molecular complexity index is 501. The molecule has 0 atom stereocenters. The van der Waals surface area contributed by atoms with Gasteiger partial charge in [-0.15, -0.1) is 0 Å². The summed E-state index contributed by atoms with van der Waals surface area (Å²) in [6, 6.07) is 3.54. The molecule has 0 aliphatic heterocycles. The third-order valence-electron chi connectivity index (χ3n) is 2.11. The highest BCUT2D eigenvalue weighted by Gasteiger charge is 2.38. The van der Waals surface area contributed by atoms with Crippen molar-refractivity contribution >= 4 is 5.78 Å². The van der Waals surface area contributed by atoms with E-state index in [0.29, 0.717) is 0 Å². The summed E-state index contributed by atoms with van der Waals surface area (Å²) in [5.41, 5.74) is -1.76. The van der Waals surface area contributed by atoms with Crippen molar-refractivity contribution in [3.8, 4) is 11.8 Å². The first-order chi connectivity index (χ1) is 7.81. The lowest BCUT2D eigenvalue weighted by Crippen LogP contribution is -2.14. The molecule has 1 rings (SSSR count). The van der Waals surface area contributed by atoms with Gasteiger partial charge >= 0.3 is 6.18 Å². The third kappa shape index (κ3) is 2.56. The lowest BCUT2D eigenvalue weighted by atomic mass is 9.99. The minimum absolute atomic E-state index is 0.0555. The second kappa shape index (κ2) is 4.45. The number of halogens is 3. The molecule has 0 saturated carbocycles. The van der Waals surface area contributed by atoms with Crippen LogP contribution in [0.4, 0.5) is 13.2 Å². The highest BCUT2D eigenvalue weighted by atomic mass is 19.4. The molecule has 0 N–H and O–H groups in total. The zero-order valence-electron chi connectivity index (χ0n) is 9.05. The van der Waals surface area contributed by atoms with Gasteiger partial charge in [0, 0.05) is 5.56 Å². The lowest BCUT2D eigenvalue weighted by Gasteiger charge is -2.15. The van der Waals surface area contributed by atoms with Crippen LogP contribution < -0.4 is 4.74 Å². The highest BCUT2D eigenvalue weighted by Crippen LogP contribution is 2.39. The molecule has 0 bridgehead atoms. The highest BCUT2D eigenvalue weighted by molar-refractivity contribution is 5.97. The lowest BCUT2D eigenvalue weighted by molar-refractivity contribution is -0.139. The van der Waals surface area contributed by atoms with Gasteiger partial charge < -0.3 is 4.74 Å². The van der Waals surface area contributed by atoms with E-state index in [1.165, 1.54) is 0 Å². The predicted molar refractivity (Wildman–Crippen MR) is 52.7 cm³/mol.